The van der Waals surface area contributed by atoms with Gasteiger partial charge >= 0.3 is 5.76 Å². The largest absolute Gasteiger partial charge is 0.341 e. The van der Waals surface area contributed by atoms with Gasteiger partial charge in [0.2, 0.25) is 15.7 Å². The van der Waals surface area contributed by atoms with Crippen molar-refractivity contribution in [2.45, 2.75) is 10.7 Å². The van der Waals surface area contributed by atoms with Gasteiger partial charge in [0.05, 0.1) is 10.6 Å². The Hall–Kier alpha value is -2.54. The maximum Gasteiger partial charge on any atom is 0.341 e. The number of rotatable bonds is 5. The predicted octanol–water partition coefficient (Wildman–Crippen LogP) is 3.33. The van der Waals surface area contributed by atoms with Crippen LogP contribution in [0.4, 0.5) is 14.5 Å². The summed E-state index contributed by atoms with van der Waals surface area (Å²) in [7, 11) is -4.79. The molecule has 0 aliphatic carbocycles. The lowest BCUT2D eigenvalue weighted by molar-refractivity contribution is -0.111. The minimum absolute atomic E-state index is 0.185. The first-order valence-corrected chi connectivity index (χ1v) is 8.11. The van der Waals surface area contributed by atoms with Crippen molar-refractivity contribution in [1.29, 1.82) is 0 Å². The summed E-state index contributed by atoms with van der Waals surface area (Å²) in [5.41, 5.74) is 0.589. The average molecular weight is 337 g/mol. The zero-order valence-electron chi connectivity index (χ0n) is 11.8. The Morgan fingerprint density at radius 1 is 1.00 bits per heavy atom. The van der Waals surface area contributed by atoms with Gasteiger partial charge in [-0.05, 0) is 23.8 Å². The van der Waals surface area contributed by atoms with Crippen LogP contribution in [-0.2, 0) is 14.6 Å². The summed E-state index contributed by atoms with van der Waals surface area (Å²) in [6.07, 6.45) is 2.72. The highest BCUT2D eigenvalue weighted by atomic mass is 32.2. The fourth-order valence-electron chi connectivity index (χ4n) is 1.82. The molecule has 0 atom stereocenters. The minimum atomic E-state index is -4.79. The molecule has 0 spiro atoms. The second kappa shape index (κ2) is 7.15. The number of hydrogen-bond acceptors (Lipinski definition) is 3. The number of nitrogens with one attached hydrogen (secondary N) is 1. The summed E-state index contributed by atoms with van der Waals surface area (Å²) in [5.74, 6) is -4.17. The topological polar surface area (TPSA) is 63.2 Å². The number of alkyl halides is 2. The average Bonchev–Trinajstić information content (AvgIpc) is 2.54. The van der Waals surface area contributed by atoms with Crippen LogP contribution < -0.4 is 5.32 Å². The molecule has 7 heteroatoms. The standard InChI is InChI=1S/C16H13F2NO3S/c17-16(18)23(21,22)14-9-5-4-8-13(14)19-15(20)11-10-12-6-2-1-3-7-12/h1-11,16H,(H,19,20)/b11-10+. The number of carbonyl (C=O) groups excluding carboxylic acids is 1. The molecule has 0 heterocycles. The van der Waals surface area contributed by atoms with Crippen LogP contribution in [0.1, 0.15) is 5.56 Å². The van der Waals surface area contributed by atoms with E-state index in [1.807, 2.05) is 6.07 Å². The van der Waals surface area contributed by atoms with Gasteiger partial charge in [-0.15, -0.1) is 0 Å². The number of benzene rings is 2. The number of anilines is 1. The van der Waals surface area contributed by atoms with Crippen molar-refractivity contribution in [1.82, 2.24) is 0 Å². The first-order chi connectivity index (χ1) is 10.9. The van der Waals surface area contributed by atoms with Crippen LogP contribution in [0, 0.1) is 0 Å². The van der Waals surface area contributed by atoms with Gasteiger partial charge in [-0.3, -0.25) is 4.79 Å². The van der Waals surface area contributed by atoms with E-state index in [1.165, 1.54) is 30.4 Å². The van der Waals surface area contributed by atoms with E-state index in [2.05, 4.69) is 5.32 Å². The third kappa shape index (κ3) is 4.23. The zero-order chi connectivity index (χ0) is 16.9. The summed E-state index contributed by atoms with van der Waals surface area (Å²) in [6, 6.07) is 14.0. The number of halogens is 2. The van der Waals surface area contributed by atoms with Gasteiger partial charge in [-0.25, -0.2) is 8.42 Å². The molecule has 0 bridgehead atoms. The second-order valence-corrected chi connectivity index (χ2v) is 6.42. The molecular formula is C16H13F2NO3S. The van der Waals surface area contributed by atoms with Crippen LogP contribution in [-0.4, -0.2) is 20.1 Å². The monoisotopic (exact) mass is 337 g/mol. The van der Waals surface area contributed by atoms with Crippen molar-refractivity contribution < 1.29 is 22.0 Å². The first-order valence-electron chi connectivity index (χ1n) is 6.56. The number of sulfone groups is 1. The SMILES string of the molecule is O=C(/C=C/c1ccccc1)Nc1ccccc1S(=O)(=O)C(F)F. The van der Waals surface area contributed by atoms with Crippen molar-refractivity contribution in [2.24, 2.45) is 0 Å². The summed E-state index contributed by atoms with van der Waals surface area (Å²) < 4.78 is 48.5. The van der Waals surface area contributed by atoms with Crippen molar-refractivity contribution >= 4 is 27.5 Å². The molecule has 0 aromatic heterocycles. The summed E-state index contributed by atoms with van der Waals surface area (Å²) in [5, 5.41) is 2.30. The molecule has 0 saturated heterocycles. The molecule has 120 valence electrons. The maximum atomic E-state index is 12.7. The Kier molecular flexibility index (Phi) is 5.23. The molecule has 0 unspecified atom stereocenters. The zero-order valence-corrected chi connectivity index (χ0v) is 12.6. The van der Waals surface area contributed by atoms with Crippen molar-refractivity contribution in [3.8, 4) is 0 Å². The van der Waals surface area contributed by atoms with E-state index in [9.17, 15) is 22.0 Å². The van der Waals surface area contributed by atoms with Gasteiger partial charge in [0.15, 0.2) is 0 Å². The van der Waals surface area contributed by atoms with E-state index in [4.69, 9.17) is 0 Å². The highest BCUT2D eigenvalue weighted by Crippen LogP contribution is 2.26. The molecule has 2 rings (SSSR count). The molecule has 0 fully saturated rings. The van der Waals surface area contributed by atoms with Crippen molar-refractivity contribution in [3.05, 3.63) is 66.2 Å². The molecule has 0 saturated carbocycles. The minimum Gasteiger partial charge on any atom is -0.321 e. The van der Waals surface area contributed by atoms with E-state index in [0.717, 1.165) is 11.6 Å². The van der Waals surface area contributed by atoms with Gasteiger partial charge in [0.1, 0.15) is 0 Å². The number of amides is 1. The third-order valence-corrected chi connectivity index (χ3v) is 4.35. The first kappa shape index (κ1) is 16.8. The Bertz CT molecular complexity index is 818. The lowest BCUT2D eigenvalue weighted by Gasteiger charge is -2.09. The van der Waals surface area contributed by atoms with Gasteiger partial charge < -0.3 is 5.32 Å². The summed E-state index contributed by atoms with van der Waals surface area (Å²) in [4.78, 5) is 11.2. The van der Waals surface area contributed by atoms with E-state index < -0.39 is 26.4 Å². The van der Waals surface area contributed by atoms with E-state index in [1.54, 1.807) is 24.3 Å². The Labute approximate surface area is 132 Å². The molecule has 0 aliphatic heterocycles. The van der Waals surface area contributed by atoms with Gasteiger partial charge in [0, 0.05) is 6.08 Å². The Morgan fingerprint density at radius 2 is 1.61 bits per heavy atom. The molecule has 4 nitrogen and oxygen atoms in total. The third-order valence-electron chi connectivity index (χ3n) is 2.91. The normalized spacial score (nSPS) is 11.8. The van der Waals surface area contributed by atoms with Crippen molar-refractivity contribution in [3.63, 3.8) is 0 Å². The van der Waals surface area contributed by atoms with Crippen LogP contribution in [0.5, 0.6) is 0 Å². The molecule has 0 radical (unpaired) electrons. The molecule has 23 heavy (non-hydrogen) atoms. The summed E-state index contributed by atoms with van der Waals surface area (Å²) >= 11 is 0. The van der Waals surface area contributed by atoms with Gasteiger partial charge in [-0.2, -0.15) is 8.78 Å². The number of carbonyl (C=O) groups is 1. The number of hydrogen-bond donors (Lipinski definition) is 1. The van der Waals surface area contributed by atoms with Crippen LogP contribution in [0.15, 0.2) is 65.6 Å². The lowest BCUT2D eigenvalue weighted by atomic mass is 10.2. The van der Waals surface area contributed by atoms with E-state index >= 15 is 0 Å². The molecule has 1 amide bonds. The molecule has 2 aromatic rings. The van der Waals surface area contributed by atoms with Gasteiger partial charge in [-0.1, -0.05) is 42.5 Å². The van der Waals surface area contributed by atoms with E-state index in [-0.39, 0.29) is 5.69 Å². The van der Waals surface area contributed by atoms with Crippen LogP contribution >= 0.6 is 0 Å². The molecule has 1 N–H and O–H groups in total. The smallest absolute Gasteiger partial charge is 0.321 e. The highest BCUT2D eigenvalue weighted by molar-refractivity contribution is 7.91. The summed E-state index contributed by atoms with van der Waals surface area (Å²) in [6.45, 7) is 0. The highest BCUT2D eigenvalue weighted by Gasteiger charge is 2.29. The molecular weight excluding hydrogens is 324 g/mol. The van der Waals surface area contributed by atoms with Gasteiger partial charge in [0.25, 0.3) is 0 Å². The molecule has 0 aliphatic rings. The maximum absolute atomic E-state index is 12.7. The fraction of sp³-hybridized carbons (Fsp3) is 0.0625. The molecule has 2 aromatic carbocycles. The predicted molar refractivity (Wildman–Crippen MR) is 83.7 cm³/mol. The Morgan fingerprint density at radius 3 is 2.26 bits per heavy atom. The quantitative estimate of drug-likeness (QED) is 0.851. The second-order valence-electron chi connectivity index (χ2n) is 4.54. The fourth-order valence-corrected chi connectivity index (χ4v) is 2.71. The van der Waals surface area contributed by atoms with Crippen LogP contribution in [0.2, 0.25) is 0 Å². The number of para-hydroxylation sites is 1. The van der Waals surface area contributed by atoms with Crippen molar-refractivity contribution in [2.75, 3.05) is 5.32 Å². The van der Waals surface area contributed by atoms with Crippen LogP contribution in [0.25, 0.3) is 6.08 Å². The van der Waals surface area contributed by atoms with Crippen LogP contribution in [0.3, 0.4) is 0 Å². The Balaban J connectivity index is 2.21. The van der Waals surface area contributed by atoms with E-state index in [0.29, 0.717) is 0 Å². The lowest BCUT2D eigenvalue weighted by Crippen LogP contribution is -2.16.